The molecule has 0 saturated heterocycles. The molecule has 2 heterocycles. The van der Waals surface area contributed by atoms with E-state index in [1.165, 1.54) is 16.8 Å². The van der Waals surface area contributed by atoms with Crippen molar-refractivity contribution in [2.45, 2.75) is 13.0 Å². The first-order chi connectivity index (χ1) is 12.5. The van der Waals surface area contributed by atoms with Gasteiger partial charge in [0.1, 0.15) is 11.6 Å². The van der Waals surface area contributed by atoms with Crippen molar-refractivity contribution in [1.82, 2.24) is 20.1 Å². The number of carbonyl (C=O) groups is 1. The topological polar surface area (TPSA) is 71.8 Å². The summed E-state index contributed by atoms with van der Waals surface area (Å²) < 4.78 is 14.5. The fourth-order valence-electron chi connectivity index (χ4n) is 2.38. The van der Waals surface area contributed by atoms with E-state index < -0.39 is 0 Å². The van der Waals surface area contributed by atoms with Gasteiger partial charge in [0.05, 0.1) is 17.6 Å². The molecule has 8 heteroatoms. The third-order valence-electron chi connectivity index (χ3n) is 3.72. The summed E-state index contributed by atoms with van der Waals surface area (Å²) in [6.07, 6.45) is 3.33. The Kier molecular flexibility index (Phi) is 5.48. The van der Waals surface area contributed by atoms with Crippen molar-refractivity contribution in [3.8, 4) is 5.82 Å². The molecule has 2 N–H and O–H groups in total. The maximum Gasteiger partial charge on any atom is 0.239 e. The Morgan fingerprint density at radius 3 is 2.77 bits per heavy atom. The van der Waals surface area contributed by atoms with E-state index >= 15 is 0 Å². The molecular formula is C18H17ClFN5O. The molecule has 3 rings (SSSR count). The summed E-state index contributed by atoms with van der Waals surface area (Å²) in [6.45, 7) is 1.89. The summed E-state index contributed by atoms with van der Waals surface area (Å²) in [5.41, 5.74) is 0.828. The van der Waals surface area contributed by atoms with E-state index in [4.69, 9.17) is 11.6 Å². The molecule has 2 aromatic heterocycles. The second-order valence-corrected chi connectivity index (χ2v) is 6.06. The van der Waals surface area contributed by atoms with Gasteiger partial charge in [-0.25, -0.2) is 14.1 Å². The predicted octanol–water partition coefficient (Wildman–Crippen LogP) is 3.35. The lowest BCUT2D eigenvalue weighted by atomic mass is 10.1. The molecule has 1 atom stereocenters. The fraction of sp³-hybridized carbons (Fsp3) is 0.167. The lowest BCUT2D eigenvalue weighted by Gasteiger charge is -2.14. The number of amides is 1. The standard InChI is InChI=1S/C18H17ClFN5O/c1-12(13-4-6-14(20)7-5-13)23-17(26)11-22-16-8-10-25(24-16)18-15(19)3-2-9-21-18/h2-10,12H,11H2,1H3,(H,22,24)(H,23,26). The number of nitrogens with one attached hydrogen (secondary N) is 2. The maximum atomic E-state index is 13.0. The van der Waals surface area contributed by atoms with Gasteiger partial charge in [-0.15, -0.1) is 5.10 Å². The monoisotopic (exact) mass is 373 g/mol. The fourth-order valence-corrected chi connectivity index (χ4v) is 2.59. The van der Waals surface area contributed by atoms with Crippen LogP contribution in [0.4, 0.5) is 10.2 Å². The van der Waals surface area contributed by atoms with Gasteiger partial charge in [0.2, 0.25) is 5.91 Å². The molecule has 1 unspecified atom stereocenters. The van der Waals surface area contributed by atoms with Crippen LogP contribution in [0.5, 0.6) is 0 Å². The van der Waals surface area contributed by atoms with Gasteiger partial charge in [-0.3, -0.25) is 4.79 Å². The van der Waals surface area contributed by atoms with Crippen molar-refractivity contribution in [2.75, 3.05) is 11.9 Å². The van der Waals surface area contributed by atoms with Crippen LogP contribution in [0.25, 0.3) is 5.82 Å². The van der Waals surface area contributed by atoms with Crippen molar-refractivity contribution in [1.29, 1.82) is 0 Å². The first-order valence-electron chi connectivity index (χ1n) is 7.98. The van der Waals surface area contributed by atoms with E-state index in [0.717, 1.165) is 5.56 Å². The summed E-state index contributed by atoms with van der Waals surface area (Å²) in [7, 11) is 0. The third kappa shape index (κ3) is 4.37. The molecule has 0 fully saturated rings. The largest absolute Gasteiger partial charge is 0.360 e. The molecule has 6 nitrogen and oxygen atoms in total. The van der Waals surface area contributed by atoms with E-state index in [1.807, 2.05) is 6.92 Å². The Labute approximate surface area is 155 Å². The number of carbonyl (C=O) groups excluding carboxylic acids is 1. The van der Waals surface area contributed by atoms with Gasteiger partial charge in [-0.2, -0.15) is 0 Å². The summed E-state index contributed by atoms with van der Waals surface area (Å²) >= 11 is 6.09. The smallest absolute Gasteiger partial charge is 0.239 e. The molecule has 0 radical (unpaired) electrons. The molecule has 0 aliphatic heterocycles. The maximum absolute atomic E-state index is 13.0. The van der Waals surface area contributed by atoms with Gasteiger partial charge in [0.25, 0.3) is 0 Å². The van der Waals surface area contributed by atoms with E-state index in [2.05, 4.69) is 20.7 Å². The van der Waals surface area contributed by atoms with E-state index in [-0.39, 0.29) is 24.3 Å². The molecular weight excluding hydrogens is 357 g/mol. The highest BCUT2D eigenvalue weighted by molar-refractivity contribution is 6.32. The number of pyridine rings is 1. The Morgan fingerprint density at radius 2 is 2.04 bits per heavy atom. The van der Waals surface area contributed by atoms with E-state index in [0.29, 0.717) is 16.7 Å². The number of anilines is 1. The molecule has 0 aliphatic rings. The van der Waals surface area contributed by atoms with Gasteiger partial charge in [0.15, 0.2) is 5.82 Å². The lowest BCUT2D eigenvalue weighted by molar-refractivity contribution is -0.120. The zero-order valence-electron chi connectivity index (χ0n) is 14.0. The summed E-state index contributed by atoms with van der Waals surface area (Å²) in [4.78, 5) is 16.3. The molecule has 0 saturated carbocycles. The van der Waals surface area contributed by atoms with Crippen molar-refractivity contribution in [2.24, 2.45) is 0 Å². The summed E-state index contributed by atoms with van der Waals surface area (Å²) in [5, 5.41) is 10.6. The highest BCUT2D eigenvalue weighted by Crippen LogP contribution is 2.17. The van der Waals surface area contributed by atoms with Crippen molar-refractivity contribution in [3.63, 3.8) is 0 Å². The Bertz CT molecular complexity index is 897. The Balaban J connectivity index is 1.55. The average molecular weight is 374 g/mol. The third-order valence-corrected chi connectivity index (χ3v) is 4.02. The second-order valence-electron chi connectivity index (χ2n) is 5.65. The zero-order chi connectivity index (χ0) is 18.5. The first-order valence-corrected chi connectivity index (χ1v) is 8.36. The molecule has 26 heavy (non-hydrogen) atoms. The first kappa shape index (κ1) is 17.9. The molecule has 0 spiro atoms. The van der Waals surface area contributed by atoms with Crippen LogP contribution in [-0.2, 0) is 4.79 Å². The van der Waals surface area contributed by atoms with Gasteiger partial charge < -0.3 is 10.6 Å². The van der Waals surface area contributed by atoms with Crippen LogP contribution >= 0.6 is 11.6 Å². The minimum Gasteiger partial charge on any atom is -0.360 e. The Hall–Kier alpha value is -2.93. The number of hydrogen-bond acceptors (Lipinski definition) is 4. The normalized spacial score (nSPS) is 11.8. The van der Waals surface area contributed by atoms with Crippen LogP contribution in [-0.4, -0.2) is 27.2 Å². The van der Waals surface area contributed by atoms with Crippen LogP contribution in [0.15, 0.2) is 54.9 Å². The molecule has 3 aromatic rings. The second kappa shape index (κ2) is 7.97. The predicted molar refractivity (Wildman–Crippen MR) is 97.8 cm³/mol. The van der Waals surface area contributed by atoms with Gasteiger partial charge in [-0.1, -0.05) is 23.7 Å². The highest BCUT2D eigenvalue weighted by Gasteiger charge is 2.11. The van der Waals surface area contributed by atoms with Crippen molar-refractivity contribution >= 4 is 23.3 Å². The summed E-state index contributed by atoms with van der Waals surface area (Å²) in [6, 6.07) is 11.0. The number of rotatable bonds is 6. The average Bonchev–Trinajstić information content (AvgIpc) is 3.09. The van der Waals surface area contributed by atoms with Gasteiger partial charge in [0, 0.05) is 18.5 Å². The van der Waals surface area contributed by atoms with Gasteiger partial charge in [-0.05, 0) is 36.8 Å². The summed E-state index contributed by atoms with van der Waals surface area (Å²) in [5.74, 6) is 0.526. The van der Waals surface area contributed by atoms with Crippen molar-refractivity contribution < 1.29 is 9.18 Å². The van der Waals surface area contributed by atoms with E-state index in [9.17, 15) is 9.18 Å². The zero-order valence-corrected chi connectivity index (χ0v) is 14.7. The Morgan fingerprint density at radius 1 is 1.27 bits per heavy atom. The van der Waals surface area contributed by atoms with Crippen LogP contribution < -0.4 is 10.6 Å². The van der Waals surface area contributed by atoms with Crippen LogP contribution in [0, 0.1) is 5.82 Å². The number of aromatic nitrogens is 3. The number of nitrogens with zero attached hydrogens (tertiary/aromatic N) is 3. The molecule has 1 aromatic carbocycles. The highest BCUT2D eigenvalue weighted by atomic mass is 35.5. The van der Waals surface area contributed by atoms with E-state index in [1.54, 1.807) is 42.7 Å². The van der Waals surface area contributed by atoms with Crippen molar-refractivity contribution in [3.05, 3.63) is 71.3 Å². The number of hydrogen-bond donors (Lipinski definition) is 2. The van der Waals surface area contributed by atoms with Crippen LogP contribution in [0.3, 0.4) is 0 Å². The SMILES string of the molecule is CC(NC(=O)CNc1ccn(-c2ncccc2Cl)n1)c1ccc(F)cc1. The minimum atomic E-state index is -0.308. The minimum absolute atomic E-state index is 0.0541. The quantitative estimate of drug-likeness (QED) is 0.695. The van der Waals surface area contributed by atoms with Gasteiger partial charge >= 0.3 is 0 Å². The molecule has 0 aliphatic carbocycles. The molecule has 1 amide bonds. The molecule has 134 valence electrons. The van der Waals surface area contributed by atoms with Crippen LogP contribution in [0.1, 0.15) is 18.5 Å². The molecule has 0 bridgehead atoms. The van der Waals surface area contributed by atoms with Crippen LogP contribution in [0.2, 0.25) is 5.02 Å². The number of halogens is 2. The number of benzene rings is 1. The lowest BCUT2D eigenvalue weighted by Crippen LogP contribution is -2.32.